The molecule has 1 saturated heterocycles. The van der Waals surface area contributed by atoms with E-state index < -0.39 is 0 Å². The first kappa shape index (κ1) is 20.5. The molecule has 0 bridgehead atoms. The molecule has 6 nitrogen and oxygen atoms in total. The van der Waals surface area contributed by atoms with E-state index in [1.54, 1.807) is 0 Å². The smallest absolute Gasteiger partial charge is 0.191 e. The molecule has 1 fully saturated rings. The Bertz CT molecular complexity index is 535. The summed E-state index contributed by atoms with van der Waals surface area (Å²) >= 11 is 0. The molecule has 0 aliphatic carbocycles. The molecule has 0 amide bonds. The van der Waals surface area contributed by atoms with Crippen LogP contribution in [0.25, 0.3) is 0 Å². The Hall–Kier alpha value is -1.82. The summed E-state index contributed by atoms with van der Waals surface area (Å²) in [4.78, 5) is 13.7. The second-order valence-corrected chi connectivity index (χ2v) is 7.15. The van der Waals surface area contributed by atoms with Gasteiger partial charge in [-0.05, 0) is 63.5 Å². The van der Waals surface area contributed by atoms with Crippen molar-refractivity contribution >= 4 is 11.8 Å². The Morgan fingerprint density at radius 1 is 1.19 bits per heavy atom. The van der Waals surface area contributed by atoms with Crippen molar-refractivity contribution in [3.05, 3.63) is 23.9 Å². The van der Waals surface area contributed by atoms with Crippen LogP contribution >= 0.6 is 0 Å². The van der Waals surface area contributed by atoms with Crippen molar-refractivity contribution in [2.75, 3.05) is 51.7 Å². The number of aromatic nitrogens is 1. The molecule has 146 valence electrons. The molecule has 0 atom stereocenters. The highest BCUT2D eigenvalue weighted by molar-refractivity contribution is 5.79. The number of guanidine groups is 1. The molecule has 2 heterocycles. The predicted molar refractivity (Wildman–Crippen MR) is 111 cm³/mol. The maximum Gasteiger partial charge on any atom is 0.191 e. The van der Waals surface area contributed by atoms with Gasteiger partial charge < -0.3 is 20.4 Å². The second kappa shape index (κ2) is 11.7. The molecule has 0 saturated carbocycles. The lowest BCUT2D eigenvalue weighted by Gasteiger charge is -2.20. The van der Waals surface area contributed by atoms with Gasteiger partial charge in [0.05, 0.1) is 6.54 Å². The van der Waals surface area contributed by atoms with E-state index >= 15 is 0 Å². The fourth-order valence-corrected chi connectivity index (χ4v) is 3.18. The Labute approximate surface area is 159 Å². The highest BCUT2D eigenvalue weighted by atomic mass is 15.2. The Kier molecular flexibility index (Phi) is 9.24. The van der Waals surface area contributed by atoms with E-state index in [2.05, 4.69) is 33.5 Å². The topological polar surface area (TPSA) is 55.8 Å². The first-order chi connectivity index (χ1) is 12.7. The number of anilines is 1. The molecule has 0 radical (unpaired) electrons. The summed E-state index contributed by atoms with van der Waals surface area (Å²) in [5, 5.41) is 6.81. The summed E-state index contributed by atoms with van der Waals surface area (Å²) in [6.07, 6.45) is 8.52. The average molecular weight is 361 g/mol. The predicted octanol–water partition coefficient (Wildman–Crippen LogP) is 2.47. The standard InChI is InChI=1S/C20H36N6/c1-4-21-20(23-11-9-15-26-13-7-5-6-8-14-26)24-17-18-10-12-22-19(16-18)25(2)3/h10,12,16H,4-9,11,13-15,17H2,1-3H3,(H2,21,23,24). The van der Waals surface area contributed by atoms with Crippen LogP contribution in [0.3, 0.4) is 0 Å². The summed E-state index contributed by atoms with van der Waals surface area (Å²) in [5.74, 6) is 1.86. The van der Waals surface area contributed by atoms with Gasteiger partial charge in [0.1, 0.15) is 5.82 Å². The molecule has 1 aromatic rings. The van der Waals surface area contributed by atoms with Crippen LogP contribution in [0.5, 0.6) is 0 Å². The Morgan fingerprint density at radius 3 is 2.65 bits per heavy atom. The van der Waals surface area contributed by atoms with Gasteiger partial charge in [-0.1, -0.05) is 12.8 Å². The fraction of sp³-hybridized carbons (Fsp3) is 0.700. The molecule has 6 heteroatoms. The van der Waals surface area contributed by atoms with E-state index in [1.165, 1.54) is 50.9 Å². The third-order valence-electron chi connectivity index (χ3n) is 4.67. The largest absolute Gasteiger partial charge is 0.363 e. The van der Waals surface area contributed by atoms with Crippen LogP contribution < -0.4 is 15.5 Å². The number of nitrogens with zero attached hydrogens (tertiary/aromatic N) is 4. The minimum absolute atomic E-state index is 0.658. The van der Waals surface area contributed by atoms with Crippen LogP contribution in [0.15, 0.2) is 23.3 Å². The van der Waals surface area contributed by atoms with Crippen molar-refractivity contribution in [2.24, 2.45) is 4.99 Å². The highest BCUT2D eigenvalue weighted by Gasteiger charge is 2.08. The zero-order valence-corrected chi connectivity index (χ0v) is 16.8. The van der Waals surface area contributed by atoms with Crippen LogP contribution in [0.1, 0.15) is 44.6 Å². The van der Waals surface area contributed by atoms with E-state index in [0.717, 1.165) is 31.3 Å². The average Bonchev–Trinajstić information content (AvgIpc) is 2.92. The van der Waals surface area contributed by atoms with Crippen molar-refractivity contribution in [1.82, 2.24) is 20.5 Å². The van der Waals surface area contributed by atoms with E-state index in [0.29, 0.717) is 6.54 Å². The summed E-state index contributed by atoms with van der Waals surface area (Å²) in [6.45, 7) is 8.31. The Morgan fingerprint density at radius 2 is 1.96 bits per heavy atom. The summed E-state index contributed by atoms with van der Waals surface area (Å²) in [7, 11) is 4.01. The number of likely N-dealkylation sites (tertiary alicyclic amines) is 1. The fourth-order valence-electron chi connectivity index (χ4n) is 3.18. The molecule has 1 aliphatic heterocycles. The van der Waals surface area contributed by atoms with Crippen molar-refractivity contribution < 1.29 is 0 Å². The van der Waals surface area contributed by atoms with Gasteiger partial charge in [0.25, 0.3) is 0 Å². The first-order valence-corrected chi connectivity index (χ1v) is 10.1. The normalized spacial score (nSPS) is 16.2. The number of pyridine rings is 1. The van der Waals surface area contributed by atoms with Crippen molar-refractivity contribution in [3.63, 3.8) is 0 Å². The maximum absolute atomic E-state index is 4.72. The monoisotopic (exact) mass is 360 g/mol. The number of hydrogen-bond acceptors (Lipinski definition) is 4. The zero-order chi connectivity index (χ0) is 18.6. The Balaban J connectivity index is 1.77. The van der Waals surface area contributed by atoms with Crippen molar-refractivity contribution in [2.45, 2.75) is 45.6 Å². The van der Waals surface area contributed by atoms with E-state index in [9.17, 15) is 0 Å². The maximum atomic E-state index is 4.72. The van der Waals surface area contributed by atoms with Crippen LogP contribution in [0, 0.1) is 0 Å². The number of nitrogens with one attached hydrogen (secondary N) is 2. The zero-order valence-electron chi connectivity index (χ0n) is 16.8. The molecule has 2 N–H and O–H groups in total. The van der Waals surface area contributed by atoms with Crippen molar-refractivity contribution in [3.8, 4) is 0 Å². The molecule has 0 unspecified atom stereocenters. The third-order valence-corrected chi connectivity index (χ3v) is 4.67. The lowest BCUT2D eigenvalue weighted by Crippen LogP contribution is -2.39. The van der Waals surface area contributed by atoms with Gasteiger partial charge in [0.15, 0.2) is 5.96 Å². The van der Waals surface area contributed by atoms with Gasteiger partial charge in [-0.2, -0.15) is 0 Å². The van der Waals surface area contributed by atoms with E-state index in [-0.39, 0.29) is 0 Å². The van der Waals surface area contributed by atoms with Gasteiger partial charge in [-0.3, -0.25) is 0 Å². The number of hydrogen-bond donors (Lipinski definition) is 2. The molecular weight excluding hydrogens is 324 g/mol. The van der Waals surface area contributed by atoms with Crippen LogP contribution in [-0.4, -0.2) is 62.7 Å². The highest BCUT2D eigenvalue weighted by Crippen LogP contribution is 2.11. The lowest BCUT2D eigenvalue weighted by atomic mass is 10.2. The summed E-state index contributed by atoms with van der Waals surface area (Å²) < 4.78 is 0. The second-order valence-electron chi connectivity index (χ2n) is 7.15. The van der Waals surface area contributed by atoms with E-state index in [4.69, 9.17) is 4.99 Å². The molecule has 1 aliphatic rings. The SMILES string of the molecule is CCNC(=NCc1ccnc(N(C)C)c1)NCCCN1CCCCCC1. The molecular formula is C20H36N6. The lowest BCUT2D eigenvalue weighted by molar-refractivity contribution is 0.282. The van der Waals surface area contributed by atoms with E-state index in [1.807, 2.05) is 31.3 Å². The van der Waals surface area contributed by atoms with Crippen LogP contribution in [0.4, 0.5) is 5.82 Å². The summed E-state index contributed by atoms with van der Waals surface area (Å²) in [6, 6.07) is 4.12. The van der Waals surface area contributed by atoms with Crippen LogP contribution in [0.2, 0.25) is 0 Å². The summed E-state index contributed by atoms with van der Waals surface area (Å²) in [5.41, 5.74) is 1.17. The minimum Gasteiger partial charge on any atom is -0.363 e. The van der Waals surface area contributed by atoms with Crippen molar-refractivity contribution in [1.29, 1.82) is 0 Å². The molecule has 0 spiro atoms. The first-order valence-electron chi connectivity index (χ1n) is 10.1. The van der Waals surface area contributed by atoms with Crippen LogP contribution in [-0.2, 0) is 6.54 Å². The van der Waals surface area contributed by atoms with Gasteiger partial charge in [0.2, 0.25) is 0 Å². The number of aliphatic imine (C=N–C) groups is 1. The molecule has 2 rings (SSSR count). The number of rotatable bonds is 8. The molecule has 1 aromatic heterocycles. The van der Waals surface area contributed by atoms with Gasteiger partial charge in [-0.15, -0.1) is 0 Å². The van der Waals surface area contributed by atoms with Gasteiger partial charge in [0, 0.05) is 33.4 Å². The molecule has 26 heavy (non-hydrogen) atoms. The van der Waals surface area contributed by atoms with Gasteiger partial charge >= 0.3 is 0 Å². The molecule has 0 aromatic carbocycles. The minimum atomic E-state index is 0.658. The third kappa shape index (κ3) is 7.60. The van der Waals surface area contributed by atoms with Gasteiger partial charge in [-0.25, -0.2) is 9.98 Å². The quantitative estimate of drug-likeness (QED) is 0.424.